The van der Waals surface area contributed by atoms with Crippen molar-refractivity contribution in [2.24, 2.45) is 0 Å². The van der Waals surface area contributed by atoms with Crippen LogP contribution in [0, 0.1) is 0 Å². The van der Waals surface area contributed by atoms with Crippen LogP contribution in [0.1, 0.15) is 11.1 Å². The van der Waals surface area contributed by atoms with Crippen LogP contribution in [-0.2, 0) is 17.4 Å². The van der Waals surface area contributed by atoms with Crippen LogP contribution in [0.15, 0.2) is 18.2 Å². The summed E-state index contributed by atoms with van der Waals surface area (Å²) in [6.07, 6.45) is -4.74. The number of ketones is 1. The molecule has 0 unspecified atom stereocenters. The lowest BCUT2D eigenvalue weighted by atomic mass is 10.0. The number of anilines is 1. The zero-order valence-corrected chi connectivity index (χ0v) is 9.73. The third kappa shape index (κ3) is 3.23. The van der Waals surface area contributed by atoms with Gasteiger partial charge in [0.25, 0.3) is 0 Å². The maximum atomic E-state index is 12.6. The minimum atomic E-state index is -4.49. The second-order valence-corrected chi connectivity index (χ2v) is 3.82. The van der Waals surface area contributed by atoms with E-state index in [1.54, 1.807) is 0 Å². The van der Waals surface area contributed by atoms with E-state index in [-0.39, 0.29) is 28.8 Å². The highest BCUT2D eigenvalue weighted by Gasteiger charge is 2.33. The van der Waals surface area contributed by atoms with Crippen molar-refractivity contribution in [3.05, 3.63) is 29.3 Å². The van der Waals surface area contributed by atoms with Crippen molar-refractivity contribution in [2.75, 3.05) is 11.1 Å². The second kappa shape index (κ2) is 4.86. The molecule has 16 heavy (non-hydrogen) atoms. The molecular formula is C10H9BrF3NO. The van der Waals surface area contributed by atoms with Crippen LogP contribution in [0.2, 0.25) is 0 Å². The third-order valence-electron chi connectivity index (χ3n) is 1.98. The first kappa shape index (κ1) is 13.0. The number of alkyl halides is 4. The summed E-state index contributed by atoms with van der Waals surface area (Å²) < 4.78 is 37.8. The van der Waals surface area contributed by atoms with E-state index < -0.39 is 11.7 Å². The summed E-state index contributed by atoms with van der Waals surface area (Å²) in [6, 6.07) is 3.43. The van der Waals surface area contributed by atoms with Gasteiger partial charge >= 0.3 is 6.18 Å². The van der Waals surface area contributed by atoms with Gasteiger partial charge < -0.3 is 5.73 Å². The lowest BCUT2D eigenvalue weighted by Gasteiger charge is -2.12. The number of nitrogen functional groups attached to an aromatic ring is 1. The van der Waals surface area contributed by atoms with E-state index >= 15 is 0 Å². The number of halogens is 4. The highest BCUT2D eigenvalue weighted by atomic mass is 79.9. The van der Waals surface area contributed by atoms with Crippen LogP contribution in [0.3, 0.4) is 0 Å². The van der Waals surface area contributed by atoms with E-state index in [0.717, 1.165) is 6.07 Å². The zero-order chi connectivity index (χ0) is 12.3. The molecule has 0 saturated heterocycles. The standard InChI is InChI=1S/C10H9BrF3NO/c11-5-8(16)3-6-1-2-7(15)4-9(6)10(12,13)14/h1-2,4H,3,5,15H2. The molecule has 0 fully saturated rings. The molecule has 0 aromatic heterocycles. The summed E-state index contributed by atoms with van der Waals surface area (Å²) in [6.45, 7) is 0. The fraction of sp³-hybridized carbons (Fsp3) is 0.300. The smallest absolute Gasteiger partial charge is 0.399 e. The van der Waals surface area contributed by atoms with E-state index in [2.05, 4.69) is 15.9 Å². The predicted molar refractivity (Wildman–Crippen MR) is 58.4 cm³/mol. The van der Waals surface area contributed by atoms with Gasteiger partial charge in [0, 0.05) is 12.1 Å². The topological polar surface area (TPSA) is 43.1 Å². The van der Waals surface area contributed by atoms with E-state index in [0.29, 0.717) is 0 Å². The molecule has 1 aromatic rings. The molecule has 0 aliphatic rings. The molecule has 0 aliphatic heterocycles. The van der Waals surface area contributed by atoms with Gasteiger partial charge in [0.05, 0.1) is 10.9 Å². The minimum Gasteiger partial charge on any atom is -0.399 e. The maximum Gasteiger partial charge on any atom is 0.416 e. The van der Waals surface area contributed by atoms with Crippen LogP contribution in [0.25, 0.3) is 0 Å². The molecule has 1 aromatic carbocycles. The Kier molecular flexibility index (Phi) is 3.96. The predicted octanol–water partition coefficient (Wildman–Crippen LogP) is 2.79. The third-order valence-corrected chi connectivity index (χ3v) is 2.60. The molecular weight excluding hydrogens is 287 g/mol. The summed E-state index contributed by atoms with van der Waals surface area (Å²) in [4.78, 5) is 11.1. The largest absolute Gasteiger partial charge is 0.416 e. The number of nitrogens with two attached hydrogens (primary N) is 1. The molecule has 2 nitrogen and oxygen atoms in total. The number of hydrogen-bond acceptors (Lipinski definition) is 2. The van der Waals surface area contributed by atoms with Crippen LogP contribution >= 0.6 is 15.9 Å². The highest BCUT2D eigenvalue weighted by molar-refractivity contribution is 9.09. The normalized spacial score (nSPS) is 11.5. The molecule has 0 spiro atoms. The Morgan fingerprint density at radius 2 is 2.00 bits per heavy atom. The van der Waals surface area contributed by atoms with E-state index in [4.69, 9.17) is 5.73 Å². The number of carbonyl (C=O) groups is 1. The minimum absolute atomic E-state index is 0.0300. The molecule has 88 valence electrons. The summed E-state index contributed by atoms with van der Waals surface area (Å²) in [7, 11) is 0. The Balaban J connectivity index is 3.13. The van der Waals surface area contributed by atoms with Crippen LogP contribution in [0.4, 0.5) is 18.9 Å². The van der Waals surface area contributed by atoms with Crippen molar-refractivity contribution < 1.29 is 18.0 Å². The van der Waals surface area contributed by atoms with Crippen LogP contribution in [-0.4, -0.2) is 11.1 Å². The van der Waals surface area contributed by atoms with Gasteiger partial charge in [-0.25, -0.2) is 0 Å². The molecule has 2 N–H and O–H groups in total. The van der Waals surface area contributed by atoms with Gasteiger partial charge in [-0.05, 0) is 17.7 Å². The molecule has 0 atom stereocenters. The molecule has 0 aliphatic carbocycles. The Hall–Kier alpha value is -1.04. The molecule has 1 rings (SSSR count). The second-order valence-electron chi connectivity index (χ2n) is 3.26. The Bertz CT molecular complexity index is 404. The van der Waals surface area contributed by atoms with Crippen LogP contribution in [0.5, 0.6) is 0 Å². The molecule has 6 heteroatoms. The SMILES string of the molecule is Nc1ccc(CC(=O)CBr)c(C(F)(F)F)c1. The lowest BCUT2D eigenvalue weighted by Crippen LogP contribution is -2.13. The number of Topliss-reactive ketones (excluding diaryl/α,β-unsaturated/α-hetero) is 1. The Morgan fingerprint density at radius 1 is 1.38 bits per heavy atom. The van der Waals surface area contributed by atoms with Gasteiger partial charge in [0.2, 0.25) is 0 Å². The van der Waals surface area contributed by atoms with Gasteiger partial charge in [-0.3, -0.25) is 4.79 Å². The van der Waals surface area contributed by atoms with Gasteiger partial charge in [0.1, 0.15) is 5.78 Å². The Labute approximate surface area is 98.8 Å². The number of benzene rings is 1. The van der Waals surface area contributed by atoms with Crippen molar-refractivity contribution in [1.82, 2.24) is 0 Å². The van der Waals surface area contributed by atoms with E-state index in [1.807, 2.05) is 0 Å². The van der Waals surface area contributed by atoms with E-state index in [9.17, 15) is 18.0 Å². The average Bonchev–Trinajstić information content (AvgIpc) is 2.19. The first-order valence-electron chi connectivity index (χ1n) is 4.38. The zero-order valence-electron chi connectivity index (χ0n) is 8.14. The monoisotopic (exact) mass is 295 g/mol. The maximum absolute atomic E-state index is 12.6. The van der Waals surface area contributed by atoms with Gasteiger partial charge in [-0.15, -0.1) is 0 Å². The van der Waals surface area contributed by atoms with Crippen molar-refractivity contribution in [3.63, 3.8) is 0 Å². The van der Waals surface area contributed by atoms with Crippen molar-refractivity contribution in [2.45, 2.75) is 12.6 Å². The molecule has 0 radical (unpaired) electrons. The lowest BCUT2D eigenvalue weighted by molar-refractivity contribution is -0.138. The van der Waals surface area contributed by atoms with Gasteiger partial charge in [-0.1, -0.05) is 22.0 Å². The number of carbonyl (C=O) groups excluding carboxylic acids is 1. The summed E-state index contributed by atoms with van der Waals surface area (Å²) in [5, 5.41) is 0.0364. The van der Waals surface area contributed by atoms with Crippen molar-refractivity contribution in [1.29, 1.82) is 0 Å². The Morgan fingerprint density at radius 3 is 2.50 bits per heavy atom. The van der Waals surface area contributed by atoms with Crippen LogP contribution < -0.4 is 5.73 Å². The fourth-order valence-corrected chi connectivity index (χ4v) is 1.47. The first-order valence-corrected chi connectivity index (χ1v) is 5.50. The highest BCUT2D eigenvalue weighted by Crippen LogP contribution is 2.33. The molecule has 0 saturated carbocycles. The number of hydrogen-bond donors (Lipinski definition) is 1. The fourth-order valence-electron chi connectivity index (χ4n) is 1.27. The van der Waals surface area contributed by atoms with Gasteiger partial charge in [-0.2, -0.15) is 13.2 Å². The van der Waals surface area contributed by atoms with Gasteiger partial charge in [0.15, 0.2) is 0 Å². The van der Waals surface area contributed by atoms with E-state index in [1.165, 1.54) is 12.1 Å². The van der Waals surface area contributed by atoms with Crippen molar-refractivity contribution in [3.8, 4) is 0 Å². The summed E-state index contributed by atoms with van der Waals surface area (Å²) in [5.74, 6) is -0.310. The molecule has 0 amide bonds. The number of rotatable bonds is 3. The molecule has 0 heterocycles. The average molecular weight is 296 g/mol. The quantitative estimate of drug-likeness (QED) is 0.688. The summed E-state index contributed by atoms with van der Waals surface area (Å²) in [5.41, 5.74) is 4.43. The summed E-state index contributed by atoms with van der Waals surface area (Å²) >= 11 is 2.91. The molecule has 0 bridgehead atoms. The van der Waals surface area contributed by atoms with Crippen molar-refractivity contribution >= 4 is 27.4 Å². The first-order chi connectivity index (χ1) is 7.34.